The normalized spacial score (nSPS) is 23.5. The molecule has 2 aromatic carbocycles. The van der Waals surface area contributed by atoms with Crippen LogP contribution in [0.3, 0.4) is 0 Å². The van der Waals surface area contributed by atoms with Crippen molar-refractivity contribution in [2.75, 3.05) is 37.6 Å². The third-order valence-corrected chi connectivity index (χ3v) is 8.71. The first-order chi connectivity index (χ1) is 17.8. The quantitative estimate of drug-likeness (QED) is 0.500. The van der Waals surface area contributed by atoms with Crippen LogP contribution in [0.4, 0.5) is 5.69 Å². The number of anilines is 1. The standard InChI is InChI=1S/C28H31BrN4O4/c29-20-3-5-21(6-4-20)32-16-28(17-32)14-31(15-28)13-22(34)7-1-18-2-8-23-19(11-18)12-33(27(23)37)24-9-10-25(35)30-26(24)36/h2-6,8,11,22,24,34H,1,7,9-10,12-17H2,(H,30,35,36)/t22-,24?/m0/s1. The maximum atomic E-state index is 12.9. The first-order valence-corrected chi connectivity index (χ1v) is 13.8. The number of rotatable bonds is 7. The second kappa shape index (κ2) is 9.53. The van der Waals surface area contributed by atoms with Crippen molar-refractivity contribution in [1.29, 1.82) is 0 Å². The van der Waals surface area contributed by atoms with Crippen molar-refractivity contribution < 1.29 is 19.5 Å². The Labute approximate surface area is 224 Å². The summed E-state index contributed by atoms with van der Waals surface area (Å²) in [7, 11) is 0. The van der Waals surface area contributed by atoms with E-state index in [1.807, 2.05) is 18.2 Å². The van der Waals surface area contributed by atoms with E-state index in [0.29, 0.717) is 36.9 Å². The number of β-amino-alcohol motifs (C(OH)–C–C–N with tert-alkyl or cyclic N) is 1. The van der Waals surface area contributed by atoms with E-state index < -0.39 is 18.1 Å². The van der Waals surface area contributed by atoms with Crippen LogP contribution in [0.2, 0.25) is 0 Å². The highest BCUT2D eigenvalue weighted by Crippen LogP contribution is 2.42. The fourth-order valence-corrected chi connectivity index (χ4v) is 6.60. The van der Waals surface area contributed by atoms with Gasteiger partial charge in [0.1, 0.15) is 6.04 Å². The Morgan fingerprint density at radius 2 is 1.81 bits per heavy atom. The molecule has 4 aliphatic rings. The second-order valence-corrected chi connectivity index (χ2v) is 12.0. The fourth-order valence-electron chi connectivity index (χ4n) is 6.34. The maximum absolute atomic E-state index is 12.9. The van der Waals surface area contributed by atoms with E-state index in [-0.39, 0.29) is 18.2 Å². The summed E-state index contributed by atoms with van der Waals surface area (Å²) < 4.78 is 1.10. The topological polar surface area (TPSA) is 93.2 Å². The zero-order valence-electron chi connectivity index (χ0n) is 20.7. The molecule has 0 bridgehead atoms. The van der Waals surface area contributed by atoms with Crippen LogP contribution in [0.1, 0.15) is 40.7 Å². The second-order valence-electron chi connectivity index (χ2n) is 11.1. The molecule has 194 valence electrons. The van der Waals surface area contributed by atoms with Gasteiger partial charge in [-0.15, -0.1) is 0 Å². The minimum atomic E-state index is -0.597. The van der Waals surface area contributed by atoms with Gasteiger partial charge < -0.3 is 14.9 Å². The maximum Gasteiger partial charge on any atom is 0.255 e. The lowest BCUT2D eigenvalue weighted by molar-refractivity contribution is -0.136. The largest absolute Gasteiger partial charge is 0.392 e. The Kier molecular flexibility index (Phi) is 6.33. The number of fused-ring (bicyclic) bond motifs is 1. The number of carbonyl (C=O) groups excluding carboxylic acids is 3. The summed E-state index contributed by atoms with van der Waals surface area (Å²) in [6.07, 6.45) is 1.62. The molecule has 37 heavy (non-hydrogen) atoms. The van der Waals surface area contributed by atoms with E-state index in [4.69, 9.17) is 0 Å². The number of imide groups is 1. The first-order valence-electron chi connectivity index (χ1n) is 13.0. The van der Waals surface area contributed by atoms with E-state index in [1.54, 1.807) is 4.90 Å². The predicted octanol–water partition coefficient (Wildman–Crippen LogP) is 2.33. The Bertz CT molecular complexity index is 1240. The number of piperidine rings is 1. The number of aryl methyl sites for hydroxylation is 1. The van der Waals surface area contributed by atoms with Crippen LogP contribution in [-0.4, -0.2) is 77.5 Å². The predicted molar refractivity (Wildman–Crippen MR) is 142 cm³/mol. The number of amides is 3. The Morgan fingerprint density at radius 1 is 1.05 bits per heavy atom. The van der Waals surface area contributed by atoms with Crippen molar-refractivity contribution in [3.05, 3.63) is 63.6 Å². The minimum Gasteiger partial charge on any atom is -0.392 e. The van der Waals surface area contributed by atoms with Crippen molar-refractivity contribution in [2.45, 2.75) is 44.4 Å². The number of aliphatic hydroxyl groups excluding tert-OH is 1. The van der Waals surface area contributed by atoms with Crippen molar-refractivity contribution >= 4 is 39.3 Å². The van der Waals surface area contributed by atoms with Gasteiger partial charge in [0.25, 0.3) is 5.91 Å². The highest BCUT2D eigenvalue weighted by molar-refractivity contribution is 9.10. The number of nitrogens with one attached hydrogen (secondary N) is 1. The number of aliphatic hydroxyl groups is 1. The molecule has 0 aliphatic carbocycles. The number of likely N-dealkylation sites (tertiary alicyclic amines) is 1. The number of halogens is 1. The third-order valence-electron chi connectivity index (χ3n) is 8.19. The third kappa shape index (κ3) is 4.80. The molecular weight excluding hydrogens is 536 g/mol. The number of nitrogens with zero attached hydrogens (tertiary/aromatic N) is 3. The van der Waals surface area contributed by atoms with Gasteiger partial charge in [-0.25, -0.2) is 0 Å². The molecule has 8 nitrogen and oxygen atoms in total. The van der Waals surface area contributed by atoms with Crippen LogP contribution in [0.25, 0.3) is 0 Å². The molecule has 1 unspecified atom stereocenters. The Balaban J connectivity index is 0.961. The van der Waals surface area contributed by atoms with Crippen LogP contribution in [0, 0.1) is 5.41 Å². The summed E-state index contributed by atoms with van der Waals surface area (Å²) in [6.45, 7) is 5.29. The minimum absolute atomic E-state index is 0.155. The Morgan fingerprint density at radius 3 is 2.54 bits per heavy atom. The summed E-state index contributed by atoms with van der Waals surface area (Å²) in [6, 6.07) is 13.7. The lowest BCUT2D eigenvalue weighted by atomic mass is 9.72. The summed E-state index contributed by atoms with van der Waals surface area (Å²) in [5, 5.41) is 13.0. The number of hydrogen-bond acceptors (Lipinski definition) is 6. The molecule has 0 aromatic heterocycles. The number of benzene rings is 2. The highest BCUT2D eigenvalue weighted by atomic mass is 79.9. The van der Waals surface area contributed by atoms with Gasteiger partial charge in [-0.05, 0) is 60.7 Å². The summed E-state index contributed by atoms with van der Waals surface area (Å²) >= 11 is 3.49. The molecular formula is C28H31BrN4O4. The van der Waals surface area contributed by atoms with E-state index in [0.717, 1.165) is 48.2 Å². The summed E-state index contributed by atoms with van der Waals surface area (Å²) in [5.74, 6) is -0.830. The molecule has 0 saturated carbocycles. The van der Waals surface area contributed by atoms with Crippen molar-refractivity contribution in [1.82, 2.24) is 15.1 Å². The van der Waals surface area contributed by atoms with Crippen molar-refractivity contribution in [3.63, 3.8) is 0 Å². The Hall–Kier alpha value is -2.75. The molecule has 0 radical (unpaired) electrons. The summed E-state index contributed by atoms with van der Waals surface area (Å²) in [4.78, 5) is 42.9. The average molecular weight is 567 g/mol. The summed E-state index contributed by atoms with van der Waals surface area (Å²) in [5.41, 5.74) is 4.25. The molecule has 3 amide bonds. The van der Waals surface area contributed by atoms with Gasteiger partial charge in [0.05, 0.1) is 6.10 Å². The lowest BCUT2D eigenvalue weighted by Crippen LogP contribution is -2.72. The molecule has 4 heterocycles. The zero-order valence-corrected chi connectivity index (χ0v) is 22.2. The van der Waals surface area contributed by atoms with Crippen LogP contribution in [0.15, 0.2) is 46.9 Å². The van der Waals surface area contributed by atoms with Crippen LogP contribution < -0.4 is 10.2 Å². The molecule has 2 N–H and O–H groups in total. The van der Waals surface area contributed by atoms with Crippen LogP contribution in [-0.2, 0) is 22.6 Å². The van der Waals surface area contributed by atoms with E-state index >= 15 is 0 Å². The van der Waals surface area contributed by atoms with Crippen LogP contribution in [0.5, 0.6) is 0 Å². The number of hydrogen-bond donors (Lipinski definition) is 2. The van der Waals surface area contributed by atoms with Gasteiger partial charge in [0, 0.05) is 66.8 Å². The van der Waals surface area contributed by atoms with Gasteiger partial charge in [-0.1, -0.05) is 28.1 Å². The lowest BCUT2D eigenvalue weighted by Gasteiger charge is -2.61. The molecule has 1 spiro atoms. The highest BCUT2D eigenvalue weighted by Gasteiger charge is 2.51. The van der Waals surface area contributed by atoms with Gasteiger partial charge in [0.15, 0.2) is 0 Å². The van der Waals surface area contributed by atoms with E-state index in [9.17, 15) is 19.5 Å². The number of carbonyl (C=O) groups is 3. The van der Waals surface area contributed by atoms with Crippen molar-refractivity contribution in [3.8, 4) is 0 Å². The fraction of sp³-hybridized carbons (Fsp3) is 0.464. The van der Waals surface area contributed by atoms with Gasteiger partial charge >= 0.3 is 0 Å². The molecule has 3 fully saturated rings. The molecule has 6 rings (SSSR count). The molecule has 2 aromatic rings. The molecule has 9 heteroatoms. The molecule has 4 aliphatic heterocycles. The first kappa shape index (κ1) is 24.6. The van der Waals surface area contributed by atoms with Gasteiger partial charge in [0.2, 0.25) is 11.8 Å². The van der Waals surface area contributed by atoms with E-state index in [2.05, 4.69) is 55.3 Å². The van der Waals surface area contributed by atoms with Gasteiger partial charge in [-0.2, -0.15) is 0 Å². The molecule has 3 saturated heterocycles. The SMILES string of the molecule is O=C1CCC(N2Cc3cc(CC[C@H](O)CN4CC5(C4)CN(c4ccc(Br)cc4)C5)ccc3C2=O)C(=O)N1. The van der Waals surface area contributed by atoms with Crippen LogP contribution >= 0.6 is 15.9 Å². The van der Waals surface area contributed by atoms with Crippen molar-refractivity contribution in [2.24, 2.45) is 5.41 Å². The monoisotopic (exact) mass is 566 g/mol. The average Bonchev–Trinajstić information content (AvgIpc) is 3.14. The smallest absolute Gasteiger partial charge is 0.255 e. The zero-order chi connectivity index (χ0) is 25.7. The van der Waals surface area contributed by atoms with E-state index in [1.165, 1.54) is 5.69 Å². The molecule has 2 atom stereocenters. The van der Waals surface area contributed by atoms with Gasteiger partial charge in [-0.3, -0.25) is 24.6 Å².